The van der Waals surface area contributed by atoms with Gasteiger partial charge in [-0.3, -0.25) is 4.40 Å². The average molecular weight is 227 g/mol. The minimum atomic E-state index is 0.400. The molecule has 5 heteroatoms. The SMILES string of the molecule is NCc1nnc2ccc(Br)cn12. The van der Waals surface area contributed by atoms with Gasteiger partial charge in [0.2, 0.25) is 0 Å². The van der Waals surface area contributed by atoms with Gasteiger partial charge in [-0.1, -0.05) is 0 Å². The Morgan fingerprint density at radius 3 is 3.00 bits per heavy atom. The van der Waals surface area contributed by atoms with Crippen LogP contribution in [0.2, 0.25) is 0 Å². The highest BCUT2D eigenvalue weighted by Gasteiger charge is 2.01. The number of pyridine rings is 1. The molecule has 0 aliphatic heterocycles. The van der Waals surface area contributed by atoms with Crippen molar-refractivity contribution in [3.63, 3.8) is 0 Å². The van der Waals surface area contributed by atoms with Crippen molar-refractivity contribution in [3.05, 3.63) is 28.6 Å². The Hall–Kier alpha value is -0.940. The normalized spacial score (nSPS) is 10.8. The second-order valence-electron chi connectivity index (χ2n) is 2.40. The number of halogens is 1. The third-order valence-corrected chi connectivity index (χ3v) is 2.09. The molecule has 0 aliphatic carbocycles. The standard InChI is InChI=1S/C7H7BrN4/c8-5-1-2-6-10-11-7(3-9)12(6)4-5/h1-2,4H,3,9H2. The maximum absolute atomic E-state index is 5.47. The summed E-state index contributed by atoms with van der Waals surface area (Å²) in [4.78, 5) is 0. The van der Waals surface area contributed by atoms with Crippen molar-refractivity contribution in [2.75, 3.05) is 0 Å². The van der Waals surface area contributed by atoms with E-state index in [0.29, 0.717) is 6.54 Å². The molecule has 4 nitrogen and oxygen atoms in total. The maximum Gasteiger partial charge on any atom is 0.160 e. The van der Waals surface area contributed by atoms with Gasteiger partial charge in [-0.2, -0.15) is 0 Å². The summed E-state index contributed by atoms with van der Waals surface area (Å²) >= 11 is 3.36. The van der Waals surface area contributed by atoms with Crippen LogP contribution in [0, 0.1) is 0 Å². The molecule has 0 spiro atoms. The van der Waals surface area contributed by atoms with Crippen molar-refractivity contribution in [2.24, 2.45) is 5.73 Å². The number of rotatable bonds is 1. The lowest BCUT2D eigenvalue weighted by Gasteiger charge is -1.95. The highest BCUT2D eigenvalue weighted by molar-refractivity contribution is 9.10. The van der Waals surface area contributed by atoms with Gasteiger partial charge >= 0.3 is 0 Å². The van der Waals surface area contributed by atoms with Crippen molar-refractivity contribution in [1.29, 1.82) is 0 Å². The van der Waals surface area contributed by atoms with E-state index in [0.717, 1.165) is 15.9 Å². The monoisotopic (exact) mass is 226 g/mol. The zero-order chi connectivity index (χ0) is 8.55. The van der Waals surface area contributed by atoms with E-state index < -0.39 is 0 Å². The van der Waals surface area contributed by atoms with Gasteiger partial charge in [-0.25, -0.2) is 0 Å². The van der Waals surface area contributed by atoms with Gasteiger partial charge in [0, 0.05) is 10.7 Å². The van der Waals surface area contributed by atoms with Crippen molar-refractivity contribution >= 4 is 21.6 Å². The van der Waals surface area contributed by atoms with Gasteiger partial charge in [0.15, 0.2) is 11.5 Å². The molecule has 2 heterocycles. The van der Waals surface area contributed by atoms with E-state index >= 15 is 0 Å². The highest BCUT2D eigenvalue weighted by atomic mass is 79.9. The molecule has 2 N–H and O–H groups in total. The first-order valence-corrected chi connectivity index (χ1v) is 4.30. The summed E-state index contributed by atoms with van der Waals surface area (Å²) in [7, 11) is 0. The molecule has 0 bridgehead atoms. The molecule has 0 aliphatic rings. The van der Waals surface area contributed by atoms with E-state index in [1.54, 1.807) is 0 Å². The summed E-state index contributed by atoms with van der Waals surface area (Å²) in [6.07, 6.45) is 1.90. The van der Waals surface area contributed by atoms with Crippen LogP contribution in [-0.2, 0) is 6.54 Å². The van der Waals surface area contributed by atoms with Crippen LogP contribution in [-0.4, -0.2) is 14.6 Å². The van der Waals surface area contributed by atoms with Gasteiger partial charge in [-0.15, -0.1) is 10.2 Å². The van der Waals surface area contributed by atoms with E-state index in [9.17, 15) is 0 Å². The van der Waals surface area contributed by atoms with Crippen LogP contribution in [0.3, 0.4) is 0 Å². The minimum Gasteiger partial charge on any atom is -0.324 e. The van der Waals surface area contributed by atoms with E-state index in [2.05, 4.69) is 26.1 Å². The van der Waals surface area contributed by atoms with Gasteiger partial charge in [0.25, 0.3) is 0 Å². The topological polar surface area (TPSA) is 56.2 Å². The quantitative estimate of drug-likeness (QED) is 0.788. The number of nitrogens with two attached hydrogens (primary N) is 1. The maximum atomic E-state index is 5.47. The Kier molecular flexibility index (Phi) is 1.82. The Bertz CT molecular complexity index is 409. The predicted octanol–water partition coefficient (Wildman–Crippen LogP) is 0.950. The van der Waals surface area contributed by atoms with Crippen LogP contribution in [0.25, 0.3) is 5.65 Å². The number of aromatic nitrogens is 3. The van der Waals surface area contributed by atoms with Crippen molar-refractivity contribution < 1.29 is 0 Å². The number of nitrogens with zero attached hydrogens (tertiary/aromatic N) is 3. The Morgan fingerprint density at radius 1 is 1.42 bits per heavy atom. The second kappa shape index (κ2) is 2.84. The first-order chi connectivity index (χ1) is 5.81. The molecule has 0 amide bonds. The molecular formula is C7H7BrN4. The largest absolute Gasteiger partial charge is 0.324 e. The molecule has 0 atom stereocenters. The van der Waals surface area contributed by atoms with Crippen LogP contribution in [0.15, 0.2) is 22.8 Å². The number of hydrogen-bond donors (Lipinski definition) is 1. The number of hydrogen-bond acceptors (Lipinski definition) is 3. The fourth-order valence-electron chi connectivity index (χ4n) is 1.05. The lowest BCUT2D eigenvalue weighted by Crippen LogP contribution is -2.02. The van der Waals surface area contributed by atoms with E-state index in [4.69, 9.17) is 5.73 Å². The van der Waals surface area contributed by atoms with E-state index in [-0.39, 0.29) is 0 Å². The van der Waals surface area contributed by atoms with Crippen LogP contribution < -0.4 is 5.73 Å². The fourth-order valence-corrected chi connectivity index (χ4v) is 1.39. The van der Waals surface area contributed by atoms with E-state index in [1.807, 2.05) is 22.7 Å². The van der Waals surface area contributed by atoms with Crippen molar-refractivity contribution in [2.45, 2.75) is 6.54 Å². The molecule has 0 fully saturated rings. The minimum absolute atomic E-state index is 0.400. The van der Waals surface area contributed by atoms with Crippen molar-refractivity contribution in [3.8, 4) is 0 Å². The first-order valence-electron chi connectivity index (χ1n) is 3.50. The summed E-state index contributed by atoms with van der Waals surface area (Å²) < 4.78 is 2.86. The van der Waals surface area contributed by atoms with Gasteiger partial charge in [0.05, 0.1) is 6.54 Å². The molecule has 0 unspecified atom stereocenters. The van der Waals surface area contributed by atoms with Gasteiger partial charge in [0.1, 0.15) is 0 Å². The Balaban J connectivity index is 2.75. The van der Waals surface area contributed by atoms with Gasteiger partial charge in [-0.05, 0) is 28.1 Å². The summed E-state index contributed by atoms with van der Waals surface area (Å²) in [5.41, 5.74) is 6.29. The van der Waals surface area contributed by atoms with Crippen LogP contribution >= 0.6 is 15.9 Å². The average Bonchev–Trinajstić information content (AvgIpc) is 2.46. The molecule has 0 saturated heterocycles. The lowest BCUT2D eigenvalue weighted by atomic mass is 10.4. The zero-order valence-electron chi connectivity index (χ0n) is 6.24. The fraction of sp³-hybridized carbons (Fsp3) is 0.143. The second-order valence-corrected chi connectivity index (χ2v) is 3.31. The molecule has 12 heavy (non-hydrogen) atoms. The molecule has 2 rings (SSSR count). The van der Waals surface area contributed by atoms with Gasteiger partial charge < -0.3 is 5.73 Å². The molecule has 0 radical (unpaired) electrons. The molecule has 2 aromatic rings. The lowest BCUT2D eigenvalue weighted by molar-refractivity contribution is 0.881. The third kappa shape index (κ3) is 1.11. The molecule has 2 aromatic heterocycles. The first kappa shape index (κ1) is 7.70. The summed E-state index contributed by atoms with van der Waals surface area (Å²) in [5.74, 6) is 0.770. The molecule has 62 valence electrons. The third-order valence-electron chi connectivity index (χ3n) is 1.62. The van der Waals surface area contributed by atoms with Crippen LogP contribution in [0.5, 0.6) is 0 Å². The highest BCUT2D eigenvalue weighted by Crippen LogP contribution is 2.11. The zero-order valence-corrected chi connectivity index (χ0v) is 7.82. The molecule has 0 saturated carbocycles. The summed E-state index contributed by atoms with van der Waals surface area (Å²) in [5, 5.41) is 7.86. The Morgan fingerprint density at radius 2 is 2.25 bits per heavy atom. The summed E-state index contributed by atoms with van der Waals surface area (Å²) in [6, 6.07) is 3.81. The molecular weight excluding hydrogens is 220 g/mol. The van der Waals surface area contributed by atoms with Crippen LogP contribution in [0.4, 0.5) is 0 Å². The summed E-state index contributed by atoms with van der Waals surface area (Å²) in [6.45, 7) is 0.400. The Labute approximate surface area is 77.5 Å². The predicted molar refractivity (Wildman–Crippen MR) is 48.6 cm³/mol. The molecule has 0 aromatic carbocycles. The van der Waals surface area contributed by atoms with Crippen LogP contribution in [0.1, 0.15) is 5.82 Å². The van der Waals surface area contributed by atoms with E-state index in [1.165, 1.54) is 0 Å². The van der Waals surface area contributed by atoms with Crippen molar-refractivity contribution in [1.82, 2.24) is 14.6 Å². The number of fused-ring (bicyclic) bond motifs is 1. The smallest absolute Gasteiger partial charge is 0.160 e.